The first-order valence-electron chi connectivity index (χ1n) is 10.6. The zero-order valence-electron chi connectivity index (χ0n) is 18.2. The minimum Gasteiger partial charge on any atom is -0.454 e. The fraction of sp³-hybridized carbons (Fsp3) is 0.0400. The van der Waals surface area contributed by atoms with Crippen LogP contribution in [-0.4, -0.2) is 32.7 Å². The van der Waals surface area contributed by atoms with Crippen molar-refractivity contribution < 1.29 is 19.1 Å². The molecular weight excluding hydrogens is 448 g/mol. The fourth-order valence-corrected chi connectivity index (χ4v) is 3.62. The Morgan fingerprint density at radius 2 is 1.54 bits per heavy atom. The topological polar surface area (TPSA) is 140 Å². The second-order valence-corrected chi connectivity index (χ2v) is 7.54. The molecule has 0 saturated carbocycles. The lowest BCUT2D eigenvalue weighted by Gasteiger charge is -2.15. The molecular formula is C25H18N6O4. The van der Waals surface area contributed by atoms with Crippen molar-refractivity contribution in [2.45, 2.75) is 6.61 Å². The third-order valence-electron chi connectivity index (χ3n) is 5.20. The molecule has 0 saturated heterocycles. The maximum atomic E-state index is 12.7. The molecule has 35 heavy (non-hydrogen) atoms. The van der Waals surface area contributed by atoms with Crippen LogP contribution in [0.5, 0.6) is 0 Å². The number of anilines is 4. The fourth-order valence-electron chi connectivity index (χ4n) is 3.62. The summed E-state index contributed by atoms with van der Waals surface area (Å²) in [6.45, 7) is -0.258. The smallest absolute Gasteiger partial charge is 0.338 e. The summed E-state index contributed by atoms with van der Waals surface area (Å²) in [5.41, 5.74) is 7.59. The molecule has 0 atom stereocenters. The average Bonchev–Trinajstić information content (AvgIpc) is 3.13. The van der Waals surface area contributed by atoms with Gasteiger partial charge in [-0.3, -0.25) is 9.59 Å². The average molecular weight is 466 g/mol. The number of nitrogens with zero attached hydrogens (tertiary/aromatic N) is 4. The van der Waals surface area contributed by atoms with E-state index in [9.17, 15) is 14.4 Å². The van der Waals surface area contributed by atoms with E-state index in [1.165, 1.54) is 12.1 Å². The number of hydrogen-bond acceptors (Lipinski definition) is 9. The number of imide groups is 1. The van der Waals surface area contributed by atoms with E-state index in [1.54, 1.807) is 36.4 Å². The maximum absolute atomic E-state index is 12.7. The first kappa shape index (κ1) is 21.7. The number of esters is 1. The molecule has 10 nitrogen and oxygen atoms in total. The molecule has 0 unspecified atom stereocenters. The Kier molecular flexibility index (Phi) is 5.60. The summed E-state index contributed by atoms with van der Waals surface area (Å²) < 4.78 is 5.34. The molecule has 172 valence electrons. The van der Waals surface area contributed by atoms with Gasteiger partial charge in [-0.2, -0.15) is 15.0 Å². The molecule has 10 heteroatoms. The Morgan fingerprint density at radius 3 is 2.26 bits per heavy atom. The van der Waals surface area contributed by atoms with Crippen LogP contribution >= 0.6 is 0 Å². The molecule has 5 rings (SSSR count). The summed E-state index contributed by atoms with van der Waals surface area (Å²) in [6, 6.07) is 21.9. The monoisotopic (exact) mass is 466 g/mol. The highest BCUT2D eigenvalue weighted by Crippen LogP contribution is 2.29. The van der Waals surface area contributed by atoms with Crippen molar-refractivity contribution in [1.82, 2.24) is 15.0 Å². The van der Waals surface area contributed by atoms with Crippen LogP contribution in [0.3, 0.4) is 0 Å². The van der Waals surface area contributed by atoms with E-state index >= 15 is 0 Å². The van der Waals surface area contributed by atoms with Gasteiger partial charge in [0, 0.05) is 5.69 Å². The maximum Gasteiger partial charge on any atom is 0.338 e. The zero-order valence-corrected chi connectivity index (χ0v) is 18.2. The van der Waals surface area contributed by atoms with Gasteiger partial charge < -0.3 is 15.8 Å². The molecule has 3 aromatic carbocycles. The van der Waals surface area contributed by atoms with Gasteiger partial charge in [-0.15, -0.1) is 0 Å². The zero-order chi connectivity index (χ0) is 24.4. The number of benzene rings is 3. The van der Waals surface area contributed by atoms with Crippen LogP contribution in [0, 0.1) is 0 Å². The molecule has 0 radical (unpaired) electrons. The summed E-state index contributed by atoms with van der Waals surface area (Å²) >= 11 is 0. The van der Waals surface area contributed by atoms with Gasteiger partial charge in [-0.1, -0.05) is 36.4 Å². The summed E-state index contributed by atoms with van der Waals surface area (Å²) in [5.74, 6) is -1.24. The molecule has 3 N–H and O–H groups in total. The largest absolute Gasteiger partial charge is 0.454 e. The normalized spacial score (nSPS) is 12.4. The van der Waals surface area contributed by atoms with Crippen LogP contribution in [0.25, 0.3) is 0 Å². The second-order valence-electron chi connectivity index (χ2n) is 7.54. The van der Waals surface area contributed by atoms with Crippen molar-refractivity contribution >= 4 is 41.1 Å². The van der Waals surface area contributed by atoms with Crippen molar-refractivity contribution in [2.75, 3.05) is 16.0 Å². The van der Waals surface area contributed by atoms with Crippen molar-refractivity contribution in [1.29, 1.82) is 0 Å². The number of amides is 2. The number of rotatable bonds is 6. The van der Waals surface area contributed by atoms with Gasteiger partial charge in [0.25, 0.3) is 11.8 Å². The number of fused-ring (bicyclic) bond motifs is 1. The molecule has 1 aromatic heterocycles. The number of hydrogen-bond donors (Lipinski definition) is 2. The van der Waals surface area contributed by atoms with Gasteiger partial charge in [0.1, 0.15) is 0 Å². The number of nitrogen functional groups attached to an aromatic ring is 1. The Labute approximate surface area is 199 Å². The van der Waals surface area contributed by atoms with Gasteiger partial charge in [0.15, 0.2) is 12.4 Å². The van der Waals surface area contributed by atoms with E-state index in [-0.39, 0.29) is 35.6 Å². The number of ether oxygens (including phenoxy) is 1. The second kappa shape index (κ2) is 9.02. The van der Waals surface area contributed by atoms with E-state index in [0.29, 0.717) is 11.1 Å². The molecule has 0 bridgehead atoms. The lowest BCUT2D eigenvalue weighted by molar-refractivity contribution is 0.0461. The first-order chi connectivity index (χ1) is 17.0. The number of nitrogens with one attached hydrogen (secondary N) is 1. The van der Waals surface area contributed by atoms with E-state index < -0.39 is 17.8 Å². The van der Waals surface area contributed by atoms with Gasteiger partial charge in [0.05, 0.1) is 22.4 Å². The minimum atomic E-state index is -0.681. The number of aromatic nitrogens is 3. The van der Waals surface area contributed by atoms with E-state index in [2.05, 4.69) is 20.3 Å². The molecule has 2 heterocycles. The highest BCUT2D eigenvalue weighted by atomic mass is 16.5. The lowest BCUT2D eigenvalue weighted by Crippen LogP contribution is -2.29. The predicted octanol–water partition coefficient (Wildman–Crippen LogP) is 3.36. The molecule has 1 aliphatic heterocycles. The SMILES string of the molecule is Nc1nc(COC(=O)c2cccc(N3C(=O)c4ccccc4C3=O)c2)nc(Nc2ccccc2)n1. The van der Waals surface area contributed by atoms with Crippen molar-refractivity contribution in [3.63, 3.8) is 0 Å². The lowest BCUT2D eigenvalue weighted by atomic mass is 10.1. The van der Waals surface area contributed by atoms with Crippen molar-refractivity contribution in [3.05, 3.63) is 101 Å². The third-order valence-corrected chi connectivity index (χ3v) is 5.20. The summed E-state index contributed by atoms with van der Waals surface area (Å²) in [5, 5.41) is 3.01. The Morgan fingerprint density at radius 1 is 0.857 bits per heavy atom. The molecule has 0 spiro atoms. The Hall–Kier alpha value is -5.12. The number of nitrogens with two attached hydrogens (primary N) is 1. The third kappa shape index (κ3) is 4.40. The van der Waals surface area contributed by atoms with Crippen molar-refractivity contribution in [2.24, 2.45) is 0 Å². The molecule has 0 fully saturated rings. The Bertz CT molecular complexity index is 1420. The van der Waals surface area contributed by atoms with E-state index in [4.69, 9.17) is 10.5 Å². The van der Waals surface area contributed by atoms with Crippen LogP contribution in [0.1, 0.15) is 36.9 Å². The standard InChI is InChI=1S/C25H18N6O4/c26-24-28-20(29-25(30-24)27-16-8-2-1-3-9-16)14-35-23(34)15-7-6-10-17(13-15)31-21(32)18-11-4-5-12-19(18)22(31)33/h1-13H,14H2,(H3,26,27,28,29,30). The number of para-hydroxylation sites is 1. The quantitative estimate of drug-likeness (QED) is 0.323. The van der Waals surface area contributed by atoms with Gasteiger partial charge >= 0.3 is 5.97 Å². The van der Waals surface area contributed by atoms with Crippen LogP contribution in [-0.2, 0) is 11.3 Å². The van der Waals surface area contributed by atoms with Gasteiger partial charge in [0.2, 0.25) is 11.9 Å². The molecule has 1 aliphatic rings. The number of carbonyl (C=O) groups is 3. The summed E-state index contributed by atoms with van der Waals surface area (Å²) in [7, 11) is 0. The highest BCUT2D eigenvalue weighted by Gasteiger charge is 2.36. The van der Waals surface area contributed by atoms with Gasteiger partial charge in [-0.25, -0.2) is 9.69 Å². The van der Waals surface area contributed by atoms with Crippen molar-refractivity contribution in [3.8, 4) is 0 Å². The van der Waals surface area contributed by atoms with Crippen LogP contribution in [0.4, 0.5) is 23.3 Å². The summed E-state index contributed by atoms with van der Waals surface area (Å²) in [6.07, 6.45) is 0. The first-order valence-corrected chi connectivity index (χ1v) is 10.6. The molecule has 2 amide bonds. The predicted molar refractivity (Wildman–Crippen MR) is 127 cm³/mol. The Balaban J connectivity index is 1.30. The van der Waals surface area contributed by atoms with Crippen LogP contribution in [0.2, 0.25) is 0 Å². The summed E-state index contributed by atoms with van der Waals surface area (Å²) in [4.78, 5) is 51.5. The van der Waals surface area contributed by atoms with E-state index in [1.807, 2.05) is 30.3 Å². The highest BCUT2D eigenvalue weighted by molar-refractivity contribution is 6.34. The molecule has 0 aliphatic carbocycles. The van der Waals surface area contributed by atoms with Crippen LogP contribution < -0.4 is 16.0 Å². The molecule has 4 aromatic rings. The minimum absolute atomic E-state index is 0.0305. The van der Waals surface area contributed by atoms with Gasteiger partial charge in [-0.05, 0) is 42.5 Å². The number of carbonyl (C=O) groups excluding carboxylic acids is 3. The van der Waals surface area contributed by atoms with Crippen LogP contribution in [0.15, 0.2) is 78.9 Å². The van der Waals surface area contributed by atoms with E-state index in [0.717, 1.165) is 10.6 Å².